The van der Waals surface area contributed by atoms with Gasteiger partial charge in [0.25, 0.3) is 5.56 Å². The van der Waals surface area contributed by atoms with Crippen LogP contribution in [0.4, 0.5) is 5.69 Å². The van der Waals surface area contributed by atoms with E-state index in [0.717, 1.165) is 23.1 Å². The Bertz CT molecular complexity index is 1010. The molecule has 6 nitrogen and oxygen atoms in total. The molecule has 0 unspecified atom stereocenters. The molecule has 3 aliphatic rings. The number of halogens is 1. The fourth-order valence-electron chi connectivity index (χ4n) is 5.18. The van der Waals surface area contributed by atoms with Crippen molar-refractivity contribution in [2.24, 2.45) is 23.2 Å². The second-order valence-corrected chi connectivity index (χ2v) is 11.5. The summed E-state index contributed by atoms with van der Waals surface area (Å²) in [7, 11) is 0. The summed E-state index contributed by atoms with van der Waals surface area (Å²) < 4.78 is 1.64. The largest absolute Gasteiger partial charge is 0.380 e. The molecule has 162 valence electrons. The molecule has 0 radical (unpaired) electrons. The number of carbonyl (C=O) groups is 1. The zero-order chi connectivity index (χ0) is 21.6. The van der Waals surface area contributed by atoms with Crippen LogP contribution in [0.5, 0.6) is 0 Å². The van der Waals surface area contributed by atoms with Crippen molar-refractivity contribution in [1.29, 1.82) is 0 Å². The van der Waals surface area contributed by atoms with Gasteiger partial charge >= 0.3 is 0 Å². The highest BCUT2D eigenvalue weighted by Gasteiger charge is 2.56. The van der Waals surface area contributed by atoms with Crippen LogP contribution in [-0.4, -0.2) is 21.7 Å². The molecular formula is C22H29BrN4O2S. The average Bonchev–Trinajstić information content (AvgIpc) is 3.12. The molecule has 3 saturated carbocycles. The van der Waals surface area contributed by atoms with Gasteiger partial charge in [-0.15, -0.1) is 11.3 Å². The van der Waals surface area contributed by atoms with E-state index in [1.165, 1.54) is 16.0 Å². The van der Waals surface area contributed by atoms with Crippen molar-refractivity contribution in [2.45, 2.75) is 59.7 Å². The third-order valence-corrected chi connectivity index (χ3v) is 9.00. The third kappa shape index (κ3) is 3.96. The Balaban J connectivity index is 1.39. The van der Waals surface area contributed by atoms with E-state index in [-0.39, 0.29) is 18.0 Å². The van der Waals surface area contributed by atoms with Crippen LogP contribution < -0.4 is 16.2 Å². The van der Waals surface area contributed by atoms with Gasteiger partial charge in [-0.05, 0) is 71.0 Å². The van der Waals surface area contributed by atoms with Crippen LogP contribution in [-0.2, 0) is 17.9 Å². The lowest BCUT2D eigenvalue weighted by molar-refractivity contribution is -0.122. The standard InChI is InChI=1S/C22H29BrN4O2S/c1-12-5-6-15(30-12)9-24-19(28)11-27-21(29)20(23)18(10-25-27)26-17-8-14-7-16(13(17)2)22(14,3)4/h5-6,10,13-14,16-17,26H,7-9,11H2,1-4H3,(H,24,28)/t13-,14+,16-,17-/m1/s1. The monoisotopic (exact) mass is 492 g/mol. The van der Waals surface area contributed by atoms with Gasteiger partial charge in [0.15, 0.2) is 0 Å². The Kier molecular flexibility index (Phi) is 5.83. The van der Waals surface area contributed by atoms with E-state index >= 15 is 0 Å². The van der Waals surface area contributed by atoms with Crippen LogP contribution in [0.1, 0.15) is 43.4 Å². The number of carbonyl (C=O) groups excluding carboxylic acids is 1. The minimum absolute atomic E-state index is 0.0970. The molecule has 2 heterocycles. The smallest absolute Gasteiger partial charge is 0.283 e. The normalized spacial score (nSPS) is 26.7. The van der Waals surface area contributed by atoms with Crippen LogP contribution in [0.15, 0.2) is 27.6 Å². The number of nitrogens with one attached hydrogen (secondary N) is 2. The number of rotatable bonds is 6. The molecule has 5 rings (SSSR count). The summed E-state index contributed by atoms with van der Waals surface area (Å²) in [5.74, 6) is 1.77. The summed E-state index contributed by atoms with van der Waals surface area (Å²) in [6, 6.07) is 4.37. The molecule has 2 N–H and O–H groups in total. The lowest BCUT2D eigenvalue weighted by Crippen LogP contribution is -2.58. The molecule has 3 aliphatic carbocycles. The molecule has 2 bridgehead atoms. The van der Waals surface area contributed by atoms with Gasteiger partial charge in [0.1, 0.15) is 11.0 Å². The van der Waals surface area contributed by atoms with Crippen molar-refractivity contribution >= 4 is 38.9 Å². The Morgan fingerprint density at radius 1 is 1.37 bits per heavy atom. The number of anilines is 1. The topological polar surface area (TPSA) is 76.0 Å². The molecule has 2 aromatic heterocycles. The zero-order valence-corrected chi connectivity index (χ0v) is 20.3. The van der Waals surface area contributed by atoms with Gasteiger partial charge in [0.05, 0.1) is 18.4 Å². The second-order valence-electron chi connectivity index (χ2n) is 9.33. The Hall–Kier alpha value is -1.67. The van der Waals surface area contributed by atoms with Crippen molar-refractivity contribution in [1.82, 2.24) is 15.1 Å². The first-order valence-electron chi connectivity index (χ1n) is 10.5. The minimum atomic E-state index is -0.295. The lowest BCUT2D eigenvalue weighted by Gasteiger charge is -2.62. The maximum Gasteiger partial charge on any atom is 0.283 e. The first kappa shape index (κ1) is 21.6. The highest BCUT2D eigenvalue weighted by atomic mass is 79.9. The lowest BCUT2D eigenvalue weighted by atomic mass is 9.45. The summed E-state index contributed by atoms with van der Waals surface area (Å²) in [6.07, 6.45) is 4.08. The van der Waals surface area contributed by atoms with E-state index in [1.807, 2.05) is 19.1 Å². The average molecular weight is 493 g/mol. The number of aryl methyl sites for hydroxylation is 1. The molecule has 3 fully saturated rings. The molecule has 2 aromatic rings. The van der Waals surface area contributed by atoms with Crippen molar-refractivity contribution in [3.05, 3.63) is 42.9 Å². The molecule has 30 heavy (non-hydrogen) atoms. The molecule has 0 saturated heterocycles. The predicted octanol–water partition coefficient (Wildman–Crippen LogP) is 4.17. The van der Waals surface area contributed by atoms with Crippen LogP contribution >= 0.6 is 27.3 Å². The van der Waals surface area contributed by atoms with Crippen molar-refractivity contribution in [2.75, 3.05) is 5.32 Å². The third-order valence-electron chi connectivity index (χ3n) is 7.23. The van der Waals surface area contributed by atoms with Gasteiger partial charge in [0.2, 0.25) is 5.91 Å². The van der Waals surface area contributed by atoms with E-state index in [0.29, 0.717) is 34.1 Å². The van der Waals surface area contributed by atoms with E-state index in [2.05, 4.69) is 52.4 Å². The number of amides is 1. The Labute approximate surface area is 189 Å². The Morgan fingerprint density at radius 2 is 2.13 bits per heavy atom. The maximum atomic E-state index is 12.7. The highest BCUT2D eigenvalue weighted by Crippen LogP contribution is 2.61. The number of hydrogen-bond donors (Lipinski definition) is 2. The van der Waals surface area contributed by atoms with Crippen molar-refractivity contribution in [3.8, 4) is 0 Å². The number of hydrogen-bond acceptors (Lipinski definition) is 5. The van der Waals surface area contributed by atoms with Crippen LogP contribution in [0.3, 0.4) is 0 Å². The molecule has 1 amide bonds. The summed E-state index contributed by atoms with van der Waals surface area (Å²) in [4.78, 5) is 27.3. The summed E-state index contributed by atoms with van der Waals surface area (Å²) >= 11 is 5.08. The van der Waals surface area contributed by atoms with Crippen molar-refractivity contribution < 1.29 is 4.79 Å². The molecular weight excluding hydrogens is 464 g/mol. The zero-order valence-electron chi connectivity index (χ0n) is 17.9. The number of nitrogens with zero attached hydrogens (tertiary/aromatic N) is 2. The summed E-state index contributed by atoms with van der Waals surface area (Å²) in [5, 5.41) is 10.6. The van der Waals surface area contributed by atoms with Gasteiger partial charge in [0, 0.05) is 15.8 Å². The van der Waals surface area contributed by atoms with Crippen LogP contribution in [0, 0.1) is 30.1 Å². The Morgan fingerprint density at radius 3 is 2.77 bits per heavy atom. The van der Waals surface area contributed by atoms with E-state index in [1.54, 1.807) is 17.5 Å². The predicted molar refractivity (Wildman–Crippen MR) is 124 cm³/mol. The van der Waals surface area contributed by atoms with Gasteiger partial charge in [-0.3, -0.25) is 9.59 Å². The first-order valence-corrected chi connectivity index (χ1v) is 12.1. The van der Waals surface area contributed by atoms with E-state index < -0.39 is 0 Å². The van der Waals surface area contributed by atoms with Gasteiger partial charge in [-0.2, -0.15) is 5.10 Å². The van der Waals surface area contributed by atoms with Gasteiger partial charge in [-0.25, -0.2) is 4.68 Å². The number of aromatic nitrogens is 2. The van der Waals surface area contributed by atoms with Crippen LogP contribution in [0.2, 0.25) is 0 Å². The van der Waals surface area contributed by atoms with E-state index in [4.69, 9.17) is 0 Å². The van der Waals surface area contributed by atoms with Crippen molar-refractivity contribution in [3.63, 3.8) is 0 Å². The molecule has 0 aliphatic heterocycles. The van der Waals surface area contributed by atoms with Gasteiger partial charge < -0.3 is 10.6 Å². The number of fused-ring (bicyclic) bond motifs is 2. The van der Waals surface area contributed by atoms with Crippen LogP contribution in [0.25, 0.3) is 0 Å². The first-order chi connectivity index (χ1) is 14.2. The maximum absolute atomic E-state index is 12.7. The summed E-state index contributed by atoms with van der Waals surface area (Å²) in [5.41, 5.74) is 0.837. The quantitative estimate of drug-likeness (QED) is 0.634. The minimum Gasteiger partial charge on any atom is -0.380 e. The molecule has 0 aromatic carbocycles. The molecule has 4 atom stereocenters. The SMILES string of the molecule is Cc1ccc(CNC(=O)Cn2ncc(N[C@@H]3C[C@@H]4C[C@H]([C@H]3C)C4(C)C)c(Br)c2=O)s1. The molecule has 8 heteroatoms. The van der Waals surface area contributed by atoms with Gasteiger partial charge in [-0.1, -0.05) is 20.8 Å². The molecule has 0 spiro atoms. The summed E-state index contributed by atoms with van der Waals surface area (Å²) in [6.45, 7) is 9.46. The fraction of sp³-hybridized carbons (Fsp3) is 0.591. The highest BCUT2D eigenvalue weighted by molar-refractivity contribution is 9.10. The second kappa shape index (κ2) is 8.11. The van der Waals surface area contributed by atoms with E-state index in [9.17, 15) is 9.59 Å². The number of thiophene rings is 1. The fourth-order valence-corrected chi connectivity index (χ4v) is 6.43.